The third-order valence-electron chi connectivity index (χ3n) is 5.05. The van der Waals surface area contributed by atoms with E-state index >= 15 is 0 Å². The Hall–Kier alpha value is -3.41. The number of para-hydroxylation sites is 1. The van der Waals surface area contributed by atoms with Crippen LogP contribution in [0.25, 0.3) is 22.3 Å². The van der Waals surface area contributed by atoms with Gasteiger partial charge in [0.05, 0.1) is 22.8 Å². The molecule has 3 heterocycles. The largest absolute Gasteiger partial charge is 0.466 e. The van der Waals surface area contributed by atoms with Gasteiger partial charge in [0.1, 0.15) is 11.5 Å². The third kappa shape index (κ3) is 3.31. The maximum Gasteiger partial charge on any atom is 0.258 e. The van der Waals surface area contributed by atoms with Gasteiger partial charge in [0.15, 0.2) is 5.65 Å². The van der Waals surface area contributed by atoms with Crippen molar-refractivity contribution < 1.29 is 9.21 Å². The van der Waals surface area contributed by atoms with Crippen LogP contribution < -0.4 is 4.90 Å². The van der Waals surface area contributed by atoms with E-state index in [1.54, 1.807) is 18.1 Å². The zero-order valence-electron chi connectivity index (χ0n) is 17.3. The predicted octanol–water partition coefficient (Wildman–Crippen LogP) is 5.17. The van der Waals surface area contributed by atoms with Gasteiger partial charge in [0.2, 0.25) is 0 Å². The highest BCUT2D eigenvalue weighted by molar-refractivity contribution is 6.13. The number of benzene rings is 1. The Morgan fingerprint density at radius 2 is 1.86 bits per heavy atom. The number of aromatic nitrogens is 3. The van der Waals surface area contributed by atoms with E-state index in [1.807, 2.05) is 74.8 Å². The molecule has 1 aromatic carbocycles. The number of nitrogens with zero attached hydrogens (tertiary/aromatic N) is 4. The first-order valence-corrected chi connectivity index (χ1v) is 9.65. The number of aryl methyl sites for hydroxylation is 2. The van der Waals surface area contributed by atoms with E-state index in [4.69, 9.17) is 9.40 Å². The molecule has 0 radical (unpaired) electrons. The van der Waals surface area contributed by atoms with Crippen LogP contribution in [0.1, 0.15) is 41.8 Å². The molecule has 0 N–H and O–H groups in total. The number of hydrogen-bond acceptors (Lipinski definition) is 4. The molecule has 0 aliphatic heterocycles. The fraction of sp³-hybridized carbons (Fsp3) is 0.261. The molecule has 6 nitrogen and oxygen atoms in total. The van der Waals surface area contributed by atoms with E-state index in [2.05, 4.69) is 5.10 Å². The molecule has 0 spiro atoms. The third-order valence-corrected chi connectivity index (χ3v) is 5.05. The smallest absolute Gasteiger partial charge is 0.258 e. The molecule has 1 amide bonds. The topological polar surface area (TPSA) is 64.2 Å². The van der Waals surface area contributed by atoms with Gasteiger partial charge in [0.25, 0.3) is 5.91 Å². The van der Waals surface area contributed by atoms with Gasteiger partial charge in [-0.2, -0.15) is 5.10 Å². The molecule has 4 aromatic rings. The standard InChI is InChI=1S/C23H24N4O2/c1-14(2)27-22-20(13-24-27)19(23(28)26(5)17-9-7-6-8-10-17)12-21(25-22)18-11-15(3)29-16(18)4/h6-14H,1-5H3. The first kappa shape index (κ1) is 18.9. The highest BCUT2D eigenvalue weighted by Gasteiger charge is 2.22. The van der Waals surface area contributed by atoms with Crippen molar-refractivity contribution in [1.29, 1.82) is 0 Å². The maximum absolute atomic E-state index is 13.4. The van der Waals surface area contributed by atoms with Crippen molar-refractivity contribution in [2.24, 2.45) is 0 Å². The van der Waals surface area contributed by atoms with Gasteiger partial charge in [-0.1, -0.05) is 18.2 Å². The van der Waals surface area contributed by atoms with Crippen LogP contribution in [0.3, 0.4) is 0 Å². The monoisotopic (exact) mass is 388 g/mol. The molecular formula is C23H24N4O2. The van der Waals surface area contributed by atoms with E-state index in [0.717, 1.165) is 28.2 Å². The summed E-state index contributed by atoms with van der Waals surface area (Å²) in [4.78, 5) is 19.9. The van der Waals surface area contributed by atoms with E-state index in [1.165, 1.54) is 0 Å². The number of anilines is 1. The lowest BCUT2D eigenvalue weighted by Gasteiger charge is -2.18. The van der Waals surface area contributed by atoms with Gasteiger partial charge < -0.3 is 9.32 Å². The molecule has 0 fully saturated rings. The van der Waals surface area contributed by atoms with Gasteiger partial charge in [-0.15, -0.1) is 0 Å². The van der Waals surface area contributed by atoms with Crippen molar-refractivity contribution >= 4 is 22.6 Å². The first-order valence-electron chi connectivity index (χ1n) is 9.65. The second-order valence-electron chi connectivity index (χ2n) is 7.50. The van der Waals surface area contributed by atoms with Crippen LogP contribution in [0.5, 0.6) is 0 Å². The molecule has 0 aliphatic rings. The van der Waals surface area contributed by atoms with Gasteiger partial charge in [-0.3, -0.25) is 4.79 Å². The second-order valence-corrected chi connectivity index (χ2v) is 7.50. The fourth-order valence-corrected chi connectivity index (χ4v) is 3.55. The predicted molar refractivity (Wildman–Crippen MR) is 114 cm³/mol. The van der Waals surface area contributed by atoms with E-state index in [9.17, 15) is 4.79 Å². The Kier molecular flexibility index (Phi) is 4.70. The van der Waals surface area contributed by atoms with Crippen molar-refractivity contribution in [2.45, 2.75) is 33.7 Å². The number of fused-ring (bicyclic) bond motifs is 1. The van der Waals surface area contributed by atoms with Gasteiger partial charge >= 0.3 is 0 Å². The summed E-state index contributed by atoms with van der Waals surface area (Å²) < 4.78 is 7.55. The van der Waals surface area contributed by atoms with Crippen LogP contribution in [-0.2, 0) is 0 Å². The lowest BCUT2D eigenvalue weighted by Crippen LogP contribution is -2.26. The molecule has 0 saturated heterocycles. The minimum absolute atomic E-state index is 0.106. The Morgan fingerprint density at radius 1 is 1.14 bits per heavy atom. The number of carbonyl (C=O) groups excluding carboxylic acids is 1. The lowest BCUT2D eigenvalue weighted by atomic mass is 10.1. The van der Waals surface area contributed by atoms with Crippen molar-refractivity contribution in [1.82, 2.24) is 14.8 Å². The van der Waals surface area contributed by atoms with Crippen LogP contribution >= 0.6 is 0 Å². The SMILES string of the molecule is Cc1cc(-c2cc(C(=O)N(C)c3ccccc3)c3cnn(C(C)C)c3n2)c(C)o1. The summed E-state index contributed by atoms with van der Waals surface area (Å²) in [6.07, 6.45) is 1.73. The molecule has 0 bridgehead atoms. The highest BCUT2D eigenvalue weighted by atomic mass is 16.3. The van der Waals surface area contributed by atoms with Crippen LogP contribution in [0.4, 0.5) is 5.69 Å². The summed E-state index contributed by atoms with van der Waals surface area (Å²) in [5.74, 6) is 1.48. The normalized spacial score (nSPS) is 11.4. The summed E-state index contributed by atoms with van der Waals surface area (Å²) >= 11 is 0. The van der Waals surface area contributed by atoms with Crippen LogP contribution in [0.15, 0.2) is 53.1 Å². The van der Waals surface area contributed by atoms with Crippen molar-refractivity contribution in [3.8, 4) is 11.3 Å². The molecule has 0 saturated carbocycles. The molecule has 3 aromatic heterocycles. The Bertz CT molecular complexity index is 1190. The molecule has 0 aliphatic carbocycles. The lowest BCUT2D eigenvalue weighted by molar-refractivity contribution is 0.0994. The number of carbonyl (C=O) groups is 1. The summed E-state index contributed by atoms with van der Waals surface area (Å²) in [5.41, 5.74) is 3.69. The fourth-order valence-electron chi connectivity index (χ4n) is 3.55. The Labute approximate surface area is 169 Å². The van der Waals surface area contributed by atoms with Crippen molar-refractivity contribution in [3.05, 3.63) is 65.7 Å². The molecule has 148 valence electrons. The van der Waals surface area contributed by atoms with Gasteiger partial charge in [-0.05, 0) is 52.0 Å². The first-order chi connectivity index (χ1) is 13.9. The number of hydrogen-bond donors (Lipinski definition) is 0. The van der Waals surface area contributed by atoms with Crippen LogP contribution in [-0.4, -0.2) is 27.7 Å². The Morgan fingerprint density at radius 3 is 2.48 bits per heavy atom. The summed E-state index contributed by atoms with van der Waals surface area (Å²) in [5, 5.41) is 5.24. The second kappa shape index (κ2) is 7.20. The molecule has 29 heavy (non-hydrogen) atoms. The van der Waals surface area contributed by atoms with Crippen LogP contribution in [0, 0.1) is 13.8 Å². The van der Waals surface area contributed by atoms with Gasteiger partial charge in [0, 0.05) is 24.3 Å². The van der Waals surface area contributed by atoms with Crippen molar-refractivity contribution in [3.63, 3.8) is 0 Å². The summed E-state index contributed by atoms with van der Waals surface area (Å²) in [7, 11) is 1.78. The maximum atomic E-state index is 13.4. The quantitative estimate of drug-likeness (QED) is 0.484. The zero-order chi connectivity index (χ0) is 20.7. The highest BCUT2D eigenvalue weighted by Crippen LogP contribution is 2.31. The Balaban J connectivity index is 1.92. The number of pyridine rings is 1. The van der Waals surface area contributed by atoms with Crippen molar-refractivity contribution in [2.75, 3.05) is 11.9 Å². The zero-order valence-corrected chi connectivity index (χ0v) is 17.3. The number of amides is 1. The molecule has 0 unspecified atom stereocenters. The minimum atomic E-state index is -0.106. The number of rotatable bonds is 4. The molecule has 0 atom stereocenters. The van der Waals surface area contributed by atoms with E-state index in [0.29, 0.717) is 16.9 Å². The van der Waals surface area contributed by atoms with E-state index in [-0.39, 0.29) is 11.9 Å². The average Bonchev–Trinajstić information content (AvgIpc) is 3.29. The molecule has 6 heteroatoms. The minimum Gasteiger partial charge on any atom is -0.466 e. The summed E-state index contributed by atoms with van der Waals surface area (Å²) in [6, 6.07) is 13.5. The summed E-state index contributed by atoms with van der Waals surface area (Å²) in [6.45, 7) is 7.91. The average molecular weight is 388 g/mol. The van der Waals surface area contributed by atoms with Gasteiger partial charge in [-0.25, -0.2) is 9.67 Å². The molecular weight excluding hydrogens is 364 g/mol. The number of furan rings is 1. The van der Waals surface area contributed by atoms with E-state index < -0.39 is 0 Å². The van der Waals surface area contributed by atoms with Crippen LogP contribution in [0.2, 0.25) is 0 Å². The molecule has 4 rings (SSSR count).